The summed E-state index contributed by atoms with van der Waals surface area (Å²) >= 11 is 6.01. The number of nitrogens with zero attached hydrogens (tertiary/aromatic N) is 1. The summed E-state index contributed by atoms with van der Waals surface area (Å²) in [5.74, 6) is -0.307. The second kappa shape index (κ2) is 10.2. The third-order valence-electron chi connectivity index (χ3n) is 4.75. The van der Waals surface area contributed by atoms with Gasteiger partial charge in [0, 0.05) is 31.2 Å². The van der Waals surface area contributed by atoms with E-state index in [1.54, 1.807) is 0 Å². The maximum Gasteiger partial charge on any atom is 0.251 e. The SMILES string of the molecule is C=CCNS(=O)(=O)c1cc(C(=O)NCCCN2CCCC[C@@H]2C)ccc1Cl. The lowest BCUT2D eigenvalue weighted by Gasteiger charge is -2.33. The van der Waals surface area contributed by atoms with Crippen LogP contribution in [-0.4, -0.2) is 51.4 Å². The zero-order valence-corrected chi connectivity index (χ0v) is 17.3. The number of amides is 1. The lowest BCUT2D eigenvalue weighted by molar-refractivity contribution is 0.0948. The Morgan fingerprint density at radius 1 is 1.41 bits per heavy atom. The highest BCUT2D eigenvalue weighted by atomic mass is 35.5. The van der Waals surface area contributed by atoms with Crippen LogP contribution in [0.25, 0.3) is 0 Å². The molecule has 0 aromatic heterocycles. The van der Waals surface area contributed by atoms with E-state index in [1.807, 2.05) is 0 Å². The molecule has 1 fully saturated rings. The van der Waals surface area contributed by atoms with E-state index in [0.717, 1.165) is 19.5 Å². The van der Waals surface area contributed by atoms with Gasteiger partial charge >= 0.3 is 0 Å². The largest absolute Gasteiger partial charge is 0.352 e. The van der Waals surface area contributed by atoms with Gasteiger partial charge in [0.15, 0.2) is 0 Å². The first-order chi connectivity index (χ1) is 12.8. The normalized spacial score (nSPS) is 18.2. The topological polar surface area (TPSA) is 78.5 Å². The lowest BCUT2D eigenvalue weighted by atomic mass is 10.0. The zero-order chi connectivity index (χ0) is 19.9. The Kier molecular flexibility index (Phi) is 8.28. The van der Waals surface area contributed by atoms with E-state index in [1.165, 1.54) is 43.5 Å². The van der Waals surface area contributed by atoms with Crippen molar-refractivity contribution in [1.29, 1.82) is 0 Å². The highest BCUT2D eigenvalue weighted by Crippen LogP contribution is 2.22. The smallest absolute Gasteiger partial charge is 0.251 e. The summed E-state index contributed by atoms with van der Waals surface area (Å²) < 4.78 is 26.9. The Labute approximate surface area is 167 Å². The summed E-state index contributed by atoms with van der Waals surface area (Å²) in [6, 6.07) is 4.85. The molecule has 1 amide bonds. The lowest BCUT2D eigenvalue weighted by Crippen LogP contribution is -2.39. The van der Waals surface area contributed by atoms with Crippen LogP contribution in [-0.2, 0) is 10.0 Å². The van der Waals surface area contributed by atoms with Gasteiger partial charge in [-0.15, -0.1) is 6.58 Å². The maximum atomic E-state index is 12.4. The molecule has 1 aromatic rings. The molecule has 1 atom stereocenters. The number of benzene rings is 1. The molecule has 1 saturated heterocycles. The van der Waals surface area contributed by atoms with Crippen LogP contribution < -0.4 is 10.0 Å². The number of carbonyl (C=O) groups excluding carboxylic acids is 1. The van der Waals surface area contributed by atoms with Gasteiger partial charge in [-0.25, -0.2) is 13.1 Å². The number of rotatable bonds is 9. The molecule has 2 N–H and O–H groups in total. The number of sulfonamides is 1. The number of likely N-dealkylation sites (tertiary alicyclic amines) is 1. The van der Waals surface area contributed by atoms with Gasteiger partial charge in [0.05, 0.1) is 5.02 Å². The minimum absolute atomic E-state index is 0.0715. The Balaban J connectivity index is 1.92. The fraction of sp³-hybridized carbons (Fsp3) is 0.526. The first-order valence-electron chi connectivity index (χ1n) is 9.27. The van der Waals surface area contributed by atoms with Crippen LogP contribution in [0.2, 0.25) is 5.02 Å². The molecule has 0 aliphatic carbocycles. The molecule has 1 aromatic carbocycles. The second-order valence-corrected chi connectivity index (χ2v) is 8.92. The van der Waals surface area contributed by atoms with Crippen molar-refractivity contribution in [2.24, 2.45) is 0 Å². The molecule has 8 heteroatoms. The standard InChI is InChI=1S/C19H28ClN3O3S/c1-3-10-22-27(25,26)18-14-16(8-9-17(18)20)19(24)21-11-6-13-23-12-5-4-7-15(23)2/h3,8-9,14-15,22H,1,4-7,10-13H2,2H3,(H,21,24)/t15-/m0/s1. The summed E-state index contributed by atoms with van der Waals surface area (Å²) in [6.07, 6.45) is 6.05. The molecule has 1 aliphatic rings. The first-order valence-corrected chi connectivity index (χ1v) is 11.1. The van der Waals surface area contributed by atoms with Gasteiger partial charge < -0.3 is 10.2 Å². The molecule has 27 heavy (non-hydrogen) atoms. The maximum absolute atomic E-state index is 12.4. The molecule has 2 rings (SSSR count). The van der Waals surface area contributed by atoms with Gasteiger partial charge in [-0.1, -0.05) is 24.1 Å². The van der Waals surface area contributed by atoms with E-state index in [9.17, 15) is 13.2 Å². The highest BCUT2D eigenvalue weighted by Gasteiger charge is 2.20. The van der Waals surface area contributed by atoms with Crippen molar-refractivity contribution in [3.63, 3.8) is 0 Å². The summed E-state index contributed by atoms with van der Waals surface area (Å²) in [5.41, 5.74) is 0.268. The zero-order valence-electron chi connectivity index (χ0n) is 15.7. The van der Waals surface area contributed by atoms with Crippen molar-refractivity contribution in [2.75, 3.05) is 26.2 Å². The van der Waals surface area contributed by atoms with Crippen LogP contribution in [0.1, 0.15) is 43.0 Å². The van der Waals surface area contributed by atoms with Gasteiger partial charge in [0.1, 0.15) is 4.90 Å². The first kappa shape index (κ1) is 21.9. The van der Waals surface area contributed by atoms with E-state index in [-0.39, 0.29) is 27.9 Å². The summed E-state index contributed by atoms with van der Waals surface area (Å²) in [5, 5.41) is 2.93. The van der Waals surface area contributed by atoms with Crippen molar-refractivity contribution in [3.8, 4) is 0 Å². The van der Waals surface area contributed by atoms with Crippen molar-refractivity contribution >= 4 is 27.5 Å². The van der Waals surface area contributed by atoms with E-state index < -0.39 is 10.0 Å². The van der Waals surface area contributed by atoms with E-state index >= 15 is 0 Å². The number of piperidine rings is 1. The van der Waals surface area contributed by atoms with Gasteiger partial charge in [-0.2, -0.15) is 0 Å². The summed E-state index contributed by atoms with van der Waals surface area (Å²) in [4.78, 5) is 14.7. The molecular weight excluding hydrogens is 386 g/mol. The Morgan fingerprint density at radius 2 is 2.19 bits per heavy atom. The molecule has 1 heterocycles. The summed E-state index contributed by atoms with van der Waals surface area (Å²) in [6.45, 7) is 8.42. The van der Waals surface area contributed by atoms with Gasteiger partial charge in [0.25, 0.3) is 5.91 Å². The van der Waals surface area contributed by atoms with Crippen LogP contribution in [0.15, 0.2) is 35.7 Å². The fourth-order valence-electron chi connectivity index (χ4n) is 3.17. The Morgan fingerprint density at radius 3 is 2.89 bits per heavy atom. The third kappa shape index (κ3) is 6.31. The number of nitrogens with one attached hydrogen (secondary N) is 2. The van der Waals surface area contributed by atoms with Gasteiger partial charge in [-0.05, 0) is 50.9 Å². The molecule has 0 bridgehead atoms. The average molecular weight is 414 g/mol. The van der Waals surface area contributed by atoms with E-state index in [2.05, 4.69) is 28.4 Å². The summed E-state index contributed by atoms with van der Waals surface area (Å²) in [7, 11) is -3.79. The minimum Gasteiger partial charge on any atom is -0.352 e. The van der Waals surface area contributed by atoms with Crippen molar-refractivity contribution < 1.29 is 13.2 Å². The van der Waals surface area contributed by atoms with E-state index in [0.29, 0.717) is 12.6 Å². The predicted molar refractivity (Wildman–Crippen MR) is 109 cm³/mol. The van der Waals surface area contributed by atoms with E-state index in [4.69, 9.17) is 11.6 Å². The average Bonchev–Trinajstić information content (AvgIpc) is 2.65. The van der Waals surface area contributed by atoms with Crippen molar-refractivity contribution in [3.05, 3.63) is 41.4 Å². The molecule has 150 valence electrons. The number of carbonyl (C=O) groups is 1. The molecular formula is C19H28ClN3O3S. The number of hydrogen-bond acceptors (Lipinski definition) is 4. The van der Waals surface area contributed by atoms with Crippen LogP contribution >= 0.6 is 11.6 Å². The second-order valence-electron chi connectivity index (χ2n) is 6.78. The molecule has 6 nitrogen and oxygen atoms in total. The van der Waals surface area contributed by atoms with Crippen molar-refractivity contribution in [2.45, 2.75) is 43.5 Å². The van der Waals surface area contributed by atoms with Crippen molar-refractivity contribution in [1.82, 2.24) is 14.9 Å². The molecule has 1 aliphatic heterocycles. The fourth-order valence-corrected chi connectivity index (χ4v) is 4.69. The molecule has 0 unspecified atom stereocenters. The molecule has 0 radical (unpaired) electrons. The quantitative estimate of drug-likeness (QED) is 0.482. The third-order valence-corrected chi connectivity index (χ3v) is 6.65. The Bertz CT molecular complexity index is 767. The predicted octanol–water partition coefficient (Wildman–Crippen LogP) is 2.80. The molecule has 0 saturated carbocycles. The van der Waals surface area contributed by atoms with Gasteiger partial charge in [-0.3, -0.25) is 4.79 Å². The highest BCUT2D eigenvalue weighted by molar-refractivity contribution is 7.89. The van der Waals surface area contributed by atoms with Gasteiger partial charge in [0.2, 0.25) is 10.0 Å². The van der Waals surface area contributed by atoms with Crippen LogP contribution in [0.3, 0.4) is 0 Å². The van der Waals surface area contributed by atoms with Crippen LogP contribution in [0.4, 0.5) is 0 Å². The number of hydrogen-bond donors (Lipinski definition) is 2. The molecule has 0 spiro atoms. The number of halogens is 1. The van der Waals surface area contributed by atoms with Crippen LogP contribution in [0.5, 0.6) is 0 Å². The Hall–Kier alpha value is -1.41. The minimum atomic E-state index is -3.79. The van der Waals surface area contributed by atoms with Crippen LogP contribution in [0, 0.1) is 0 Å². The monoisotopic (exact) mass is 413 g/mol.